The molecule has 41 heavy (non-hydrogen) atoms. The average molecular weight is 556 g/mol. The third-order valence-electron chi connectivity index (χ3n) is 7.49. The van der Waals surface area contributed by atoms with Crippen LogP contribution in [0.2, 0.25) is 0 Å². The van der Waals surface area contributed by atoms with Crippen molar-refractivity contribution in [3.63, 3.8) is 0 Å². The summed E-state index contributed by atoms with van der Waals surface area (Å²) in [5.41, 5.74) is 2.93. The minimum atomic E-state index is -1.89. The topological polar surface area (TPSA) is 136 Å². The monoisotopic (exact) mass is 555 g/mol. The highest BCUT2D eigenvalue weighted by atomic mass is 16.5. The maximum atomic E-state index is 13.6. The number of Topliss-reactive ketones (excluding diaryl/α,β-unsaturated/α-hetero) is 1. The number of tetrazole rings is 1. The second-order valence-corrected chi connectivity index (χ2v) is 10.0. The molecule has 11 heteroatoms. The molecule has 0 saturated heterocycles. The van der Waals surface area contributed by atoms with Gasteiger partial charge in [0.1, 0.15) is 5.82 Å². The van der Waals surface area contributed by atoms with Gasteiger partial charge in [0.05, 0.1) is 18.0 Å². The molecule has 3 heterocycles. The molecular weight excluding hydrogens is 522 g/mol. The Bertz CT molecular complexity index is 1580. The molecule has 0 bridgehead atoms. The Labute approximate surface area is 237 Å². The first-order chi connectivity index (χ1) is 19.8. The van der Waals surface area contributed by atoms with Gasteiger partial charge in [0.25, 0.3) is 0 Å². The molecule has 0 saturated carbocycles. The molecule has 0 spiro atoms. The number of rotatable bonds is 9. The fourth-order valence-electron chi connectivity index (χ4n) is 5.74. The van der Waals surface area contributed by atoms with Crippen molar-refractivity contribution in [3.05, 3.63) is 71.3 Å². The Morgan fingerprint density at radius 1 is 1.02 bits per heavy atom. The van der Waals surface area contributed by atoms with Crippen LogP contribution in [0.5, 0.6) is 0 Å². The number of carbonyl (C=O) groups is 3. The fourth-order valence-corrected chi connectivity index (χ4v) is 5.74. The van der Waals surface area contributed by atoms with E-state index in [1.54, 1.807) is 6.92 Å². The number of imidazole rings is 1. The van der Waals surface area contributed by atoms with Crippen LogP contribution in [0.3, 0.4) is 0 Å². The molecule has 0 fully saturated rings. The van der Waals surface area contributed by atoms with Crippen molar-refractivity contribution in [2.45, 2.75) is 59.0 Å². The van der Waals surface area contributed by atoms with E-state index < -0.39 is 17.3 Å². The highest BCUT2D eigenvalue weighted by molar-refractivity contribution is 6.10. The zero-order chi connectivity index (χ0) is 29.1. The molecule has 0 aliphatic carbocycles. The summed E-state index contributed by atoms with van der Waals surface area (Å²) >= 11 is 0. The Balaban J connectivity index is 1.60. The summed E-state index contributed by atoms with van der Waals surface area (Å²) in [7, 11) is 0. The van der Waals surface area contributed by atoms with E-state index in [2.05, 4.69) is 27.5 Å². The van der Waals surface area contributed by atoms with E-state index >= 15 is 0 Å². The van der Waals surface area contributed by atoms with E-state index in [4.69, 9.17) is 9.72 Å². The molecule has 5 rings (SSSR count). The molecule has 1 unspecified atom stereocenters. The highest BCUT2D eigenvalue weighted by Crippen LogP contribution is 2.40. The molecule has 4 aromatic rings. The maximum absolute atomic E-state index is 13.6. The number of hydrogen-bond acceptors (Lipinski definition) is 8. The predicted molar refractivity (Wildman–Crippen MR) is 150 cm³/mol. The standard InChI is InChI=1S/C30H33N7O4/c1-5-9-26-31-25-16-17-37(20(4)39)30(19(3)38,29(40)41-6-2)27(25)36(26)18-21-12-14-22(15-13-21)23-10-7-8-11-24(23)28-32-34-35-33-28/h7-8,10-15H,5-6,9,16-18H2,1-4H3,(H,32,33,34,35). The van der Waals surface area contributed by atoms with Crippen molar-refractivity contribution in [2.75, 3.05) is 13.2 Å². The Kier molecular flexibility index (Phi) is 7.78. The molecule has 2 aromatic heterocycles. The number of H-pyrrole nitrogens is 1. The van der Waals surface area contributed by atoms with Gasteiger partial charge in [0.2, 0.25) is 17.3 Å². The zero-order valence-corrected chi connectivity index (χ0v) is 23.7. The third kappa shape index (κ3) is 4.81. The van der Waals surface area contributed by atoms with Gasteiger partial charge in [0.15, 0.2) is 5.78 Å². The lowest BCUT2D eigenvalue weighted by atomic mass is 9.82. The summed E-state index contributed by atoms with van der Waals surface area (Å²) in [6, 6.07) is 15.9. The van der Waals surface area contributed by atoms with Crippen molar-refractivity contribution in [1.29, 1.82) is 0 Å². The number of hydrogen-bond donors (Lipinski definition) is 1. The van der Waals surface area contributed by atoms with E-state index in [1.807, 2.05) is 53.1 Å². The lowest BCUT2D eigenvalue weighted by molar-refractivity contribution is -0.170. The number of benzene rings is 2. The SMILES string of the molecule is CCCc1nc2c(n1Cc1ccc(-c3ccccc3-c3nn[nH]n3)cc1)C(C(C)=O)(C(=O)OCC)N(C(C)=O)CC2. The molecule has 11 nitrogen and oxygen atoms in total. The summed E-state index contributed by atoms with van der Waals surface area (Å²) in [5, 5.41) is 14.4. The van der Waals surface area contributed by atoms with Crippen LogP contribution in [-0.2, 0) is 44.0 Å². The van der Waals surface area contributed by atoms with Crippen LogP contribution in [0.1, 0.15) is 56.9 Å². The van der Waals surface area contributed by atoms with Gasteiger partial charge < -0.3 is 14.2 Å². The van der Waals surface area contributed by atoms with Gasteiger partial charge in [0, 0.05) is 38.4 Å². The van der Waals surface area contributed by atoms with Gasteiger partial charge in [-0.15, -0.1) is 10.2 Å². The molecule has 1 amide bonds. The van der Waals surface area contributed by atoms with Crippen LogP contribution >= 0.6 is 0 Å². The van der Waals surface area contributed by atoms with Crippen molar-refractivity contribution in [2.24, 2.45) is 0 Å². The fraction of sp³-hybridized carbons (Fsp3) is 0.367. The number of aromatic amines is 1. The van der Waals surface area contributed by atoms with Crippen LogP contribution in [-0.4, -0.2) is 65.9 Å². The number of aromatic nitrogens is 6. The van der Waals surface area contributed by atoms with Crippen LogP contribution in [0.25, 0.3) is 22.5 Å². The van der Waals surface area contributed by atoms with Crippen LogP contribution in [0.4, 0.5) is 0 Å². The number of aryl methyl sites for hydroxylation is 1. The molecule has 1 aliphatic heterocycles. The first-order valence-corrected chi connectivity index (χ1v) is 13.8. The number of fused-ring (bicyclic) bond motifs is 1. The maximum Gasteiger partial charge on any atom is 0.346 e. The minimum Gasteiger partial charge on any atom is -0.464 e. The molecule has 1 aliphatic rings. The first-order valence-electron chi connectivity index (χ1n) is 13.8. The largest absolute Gasteiger partial charge is 0.464 e. The van der Waals surface area contributed by atoms with Gasteiger partial charge in [-0.1, -0.05) is 55.5 Å². The zero-order valence-electron chi connectivity index (χ0n) is 23.7. The third-order valence-corrected chi connectivity index (χ3v) is 7.49. The van der Waals surface area contributed by atoms with Gasteiger partial charge in [-0.3, -0.25) is 9.59 Å². The van der Waals surface area contributed by atoms with Crippen LogP contribution in [0, 0.1) is 0 Å². The van der Waals surface area contributed by atoms with E-state index in [9.17, 15) is 14.4 Å². The summed E-state index contributed by atoms with van der Waals surface area (Å²) in [6.45, 7) is 7.11. The second-order valence-electron chi connectivity index (χ2n) is 10.0. The number of nitrogens with one attached hydrogen (secondary N) is 1. The molecule has 1 N–H and O–H groups in total. The van der Waals surface area contributed by atoms with Crippen molar-refractivity contribution >= 4 is 17.7 Å². The van der Waals surface area contributed by atoms with Gasteiger partial charge >= 0.3 is 5.97 Å². The number of carbonyl (C=O) groups excluding carboxylic acids is 3. The van der Waals surface area contributed by atoms with Crippen LogP contribution in [0.15, 0.2) is 48.5 Å². The normalized spacial score (nSPS) is 16.3. The summed E-state index contributed by atoms with van der Waals surface area (Å²) in [6.07, 6.45) is 1.92. The van der Waals surface area contributed by atoms with E-state index in [1.165, 1.54) is 18.7 Å². The number of esters is 1. The molecular formula is C30H33N7O4. The molecule has 0 radical (unpaired) electrons. The highest BCUT2D eigenvalue weighted by Gasteiger charge is 2.58. The minimum absolute atomic E-state index is 0.0810. The smallest absolute Gasteiger partial charge is 0.346 e. The second kappa shape index (κ2) is 11.4. The number of amides is 1. The average Bonchev–Trinajstić information content (AvgIpc) is 3.62. The van der Waals surface area contributed by atoms with Crippen LogP contribution < -0.4 is 0 Å². The lowest BCUT2D eigenvalue weighted by Gasteiger charge is -2.43. The summed E-state index contributed by atoms with van der Waals surface area (Å²) in [5.74, 6) is -0.308. The number of ketones is 1. The van der Waals surface area contributed by atoms with Gasteiger partial charge in [-0.05, 0) is 42.2 Å². The summed E-state index contributed by atoms with van der Waals surface area (Å²) < 4.78 is 7.39. The Hall–Kier alpha value is -4.67. The van der Waals surface area contributed by atoms with E-state index in [-0.39, 0.29) is 19.1 Å². The molecule has 212 valence electrons. The van der Waals surface area contributed by atoms with E-state index in [0.29, 0.717) is 36.6 Å². The quantitative estimate of drug-likeness (QED) is 0.245. The van der Waals surface area contributed by atoms with Crippen molar-refractivity contribution < 1.29 is 19.1 Å². The summed E-state index contributed by atoms with van der Waals surface area (Å²) in [4.78, 5) is 46.2. The van der Waals surface area contributed by atoms with Crippen molar-refractivity contribution in [1.82, 2.24) is 35.1 Å². The predicted octanol–water partition coefficient (Wildman–Crippen LogP) is 3.48. The van der Waals surface area contributed by atoms with E-state index in [0.717, 1.165) is 34.5 Å². The molecule has 2 aromatic carbocycles. The first kappa shape index (κ1) is 27.9. The number of ether oxygens (including phenoxy) is 1. The number of nitrogens with zero attached hydrogens (tertiary/aromatic N) is 6. The van der Waals surface area contributed by atoms with Crippen molar-refractivity contribution in [3.8, 4) is 22.5 Å². The van der Waals surface area contributed by atoms with Gasteiger partial charge in [-0.25, -0.2) is 9.78 Å². The molecule has 1 atom stereocenters. The van der Waals surface area contributed by atoms with Gasteiger partial charge in [-0.2, -0.15) is 5.21 Å². The Morgan fingerprint density at radius 2 is 1.76 bits per heavy atom. The lowest BCUT2D eigenvalue weighted by Crippen LogP contribution is -2.62. The Morgan fingerprint density at radius 3 is 2.37 bits per heavy atom.